The molecule has 0 bridgehead atoms. The number of rotatable bonds is 5. The van der Waals surface area contributed by atoms with Crippen LogP contribution in [0.5, 0.6) is 0 Å². The summed E-state index contributed by atoms with van der Waals surface area (Å²) in [4.78, 5) is 24.4. The maximum Gasteiger partial charge on any atom is 0.272 e. The minimum atomic E-state index is -0.389. The van der Waals surface area contributed by atoms with E-state index in [4.69, 9.17) is 0 Å². The van der Waals surface area contributed by atoms with Crippen LogP contribution in [0.2, 0.25) is 0 Å². The topological polar surface area (TPSA) is 111 Å². The lowest BCUT2D eigenvalue weighted by Gasteiger charge is -2.06. The Balaban J connectivity index is 1.42. The fraction of sp³-hybridized carbons (Fsp3) is 0.0556. The molecular weight excluding hydrogens is 363 g/mol. The van der Waals surface area contributed by atoms with Crippen LogP contribution >= 0.6 is 0 Å². The van der Waals surface area contributed by atoms with Crippen LogP contribution in [0.1, 0.15) is 16.2 Å². The number of benzene rings is 1. The molecular formula is C18H13FN8O. The maximum atomic E-state index is 13.1. The fourth-order valence-electron chi connectivity index (χ4n) is 2.43. The Morgan fingerprint density at radius 3 is 2.61 bits per heavy atom. The molecule has 0 aliphatic rings. The van der Waals surface area contributed by atoms with Crippen LogP contribution in [0.15, 0.2) is 61.4 Å². The van der Waals surface area contributed by atoms with Crippen molar-refractivity contribution in [3.63, 3.8) is 0 Å². The Hall–Kier alpha value is -4.08. The van der Waals surface area contributed by atoms with Crippen LogP contribution in [0, 0.1) is 5.82 Å². The first-order valence-corrected chi connectivity index (χ1v) is 8.23. The molecule has 1 amide bonds. The van der Waals surface area contributed by atoms with E-state index in [1.807, 2.05) is 0 Å². The SMILES string of the molecule is O=C(NCc1cc(-c2ccc(F)cc2)ncn1)c1ccc(-n2cncn2)nn1. The fourth-order valence-corrected chi connectivity index (χ4v) is 2.43. The van der Waals surface area contributed by atoms with Gasteiger partial charge in [-0.1, -0.05) is 0 Å². The third-order valence-corrected chi connectivity index (χ3v) is 3.83. The first kappa shape index (κ1) is 17.3. The molecule has 4 rings (SSSR count). The summed E-state index contributed by atoms with van der Waals surface area (Å²) in [7, 11) is 0. The van der Waals surface area contributed by atoms with E-state index in [1.165, 1.54) is 35.8 Å². The van der Waals surface area contributed by atoms with Crippen molar-refractivity contribution in [2.45, 2.75) is 6.54 Å². The minimum Gasteiger partial charge on any atom is -0.345 e. The van der Waals surface area contributed by atoms with E-state index < -0.39 is 0 Å². The van der Waals surface area contributed by atoms with Gasteiger partial charge in [0.15, 0.2) is 11.5 Å². The van der Waals surface area contributed by atoms with Crippen molar-refractivity contribution in [3.05, 3.63) is 78.7 Å². The van der Waals surface area contributed by atoms with Crippen LogP contribution in [-0.2, 0) is 6.54 Å². The first-order valence-electron chi connectivity index (χ1n) is 8.23. The van der Waals surface area contributed by atoms with Gasteiger partial charge in [0.25, 0.3) is 5.91 Å². The average molecular weight is 376 g/mol. The van der Waals surface area contributed by atoms with E-state index in [9.17, 15) is 9.18 Å². The average Bonchev–Trinajstić information content (AvgIpc) is 3.28. The van der Waals surface area contributed by atoms with E-state index in [0.717, 1.165) is 5.56 Å². The van der Waals surface area contributed by atoms with Crippen LogP contribution in [0.25, 0.3) is 17.1 Å². The highest BCUT2D eigenvalue weighted by Crippen LogP contribution is 2.17. The Bertz CT molecular complexity index is 1080. The largest absolute Gasteiger partial charge is 0.345 e. The van der Waals surface area contributed by atoms with Gasteiger partial charge < -0.3 is 5.32 Å². The second-order valence-electron chi connectivity index (χ2n) is 5.70. The van der Waals surface area contributed by atoms with E-state index in [0.29, 0.717) is 17.2 Å². The van der Waals surface area contributed by atoms with E-state index >= 15 is 0 Å². The Morgan fingerprint density at radius 1 is 1.04 bits per heavy atom. The monoisotopic (exact) mass is 376 g/mol. The van der Waals surface area contributed by atoms with E-state index in [1.54, 1.807) is 30.3 Å². The van der Waals surface area contributed by atoms with Crippen molar-refractivity contribution in [2.24, 2.45) is 0 Å². The van der Waals surface area contributed by atoms with Crippen molar-refractivity contribution in [1.82, 2.24) is 40.2 Å². The predicted octanol–water partition coefficient (Wildman–Crippen LogP) is 1.58. The number of halogens is 1. The van der Waals surface area contributed by atoms with Crippen molar-refractivity contribution in [2.75, 3.05) is 0 Å². The zero-order valence-electron chi connectivity index (χ0n) is 14.4. The molecule has 4 aromatic rings. The van der Waals surface area contributed by atoms with Gasteiger partial charge in [0.2, 0.25) is 0 Å². The Morgan fingerprint density at radius 2 is 1.89 bits per heavy atom. The summed E-state index contributed by atoms with van der Waals surface area (Å²) in [6.07, 6.45) is 4.26. The smallest absolute Gasteiger partial charge is 0.272 e. The van der Waals surface area contributed by atoms with Gasteiger partial charge in [-0.05, 0) is 42.5 Å². The standard InChI is InChI=1S/C18H13FN8O/c19-13-3-1-12(2-4-13)16-7-14(22-10-23-16)8-21-18(28)15-5-6-17(26-25-15)27-11-20-9-24-27/h1-7,9-11H,8H2,(H,21,28). The van der Waals surface area contributed by atoms with Crippen molar-refractivity contribution in [3.8, 4) is 17.1 Å². The van der Waals surface area contributed by atoms with E-state index in [2.05, 4.69) is 35.6 Å². The molecule has 0 saturated carbocycles. The van der Waals surface area contributed by atoms with Crippen LogP contribution in [0.4, 0.5) is 4.39 Å². The normalized spacial score (nSPS) is 10.6. The summed E-state index contributed by atoms with van der Waals surface area (Å²) >= 11 is 0. The molecule has 1 N–H and O–H groups in total. The summed E-state index contributed by atoms with van der Waals surface area (Å²) in [6.45, 7) is 0.183. The number of carbonyl (C=O) groups excluding carboxylic acids is 1. The maximum absolute atomic E-state index is 13.1. The quantitative estimate of drug-likeness (QED) is 0.563. The number of hydrogen-bond donors (Lipinski definition) is 1. The number of hydrogen-bond acceptors (Lipinski definition) is 7. The molecule has 0 aliphatic carbocycles. The molecule has 0 atom stereocenters. The highest BCUT2D eigenvalue weighted by atomic mass is 19.1. The van der Waals surface area contributed by atoms with Crippen LogP contribution < -0.4 is 5.32 Å². The first-order chi connectivity index (χ1) is 13.7. The molecule has 10 heteroatoms. The third-order valence-electron chi connectivity index (χ3n) is 3.83. The Kier molecular flexibility index (Phi) is 4.74. The summed E-state index contributed by atoms with van der Waals surface area (Å²) in [5.41, 5.74) is 2.16. The molecule has 9 nitrogen and oxygen atoms in total. The number of nitrogens with one attached hydrogen (secondary N) is 1. The zero-order chi connectivity index (χ0) is 19.3. The van der Waals surface area contributed by atoms with Crippen molar-refractivity contribution in [1.29, 1.82) is 0 Å². The summed E-state index contributed by atoms with van der Waals surface area (Å²) < 4.78 is 14.5. The molecule has 28 heavy (non-hydrogen) atoms. The summed E-state index contributed by atoms with van der Waals surface area (Å²) in [5, 5.41) is 14.5. The highest BCUT2D eigenvalue weighted by molar-refractivity contribution is 5.92. The number of amides is 1. The zero-order valence-corrected chi connectivity index (χ0v) is 14.4. The summed E-state index contributed by atoms with van der Waals surface area (Å²) in [6, 6.07) is 10.9. The van der Waals surface area contributed by atoms with Gasteiger partial charge in [-0.25, -0.2) is 24.0 Å². The van der Waals surface area contributed by atoms with Gasteiger partial charge in [-0.15, -0.1) is 10.2 Å². The molecule has 138 valence electrons. The van der Waals surface area contributed by atoms with Gasteiger partial charge in [0, 0.05) is 5.56 Å². The minimum absolute atomic E-state index is 0.164. The van der Waals surface area contributed by atoms with Crippen molar-refractivity contribution < 1.29 is 9.18 Å². The second-order valence-corrected chi connectivity index (χ2v) is 5.70. The molecule has 3 aromatic heterocycles. The molecule has 0 fully saturated rings. The molecule has 0 radical (unpaired) electrons. The molecule has 1 aromatic carbocycles. The number of carbonyl (C=O) groups is 1. The summed E-state index contributed by atoms with van der Waals surface area (Å²) in [5.74, 6) is -0.255. The third kappa shape index (κ3) is 3.85. The van der Waals surface area contributed by atoms with Crippen molar-refractivity contribution >= 4 is 5.91 Å². The Labute approximate surface area is 158 Å². The second kappa shape index (κ2) is 7.66. The van der Waals surface area contributed by atoms with E-state index in [-0.39, 0.29) is 24.0 Å². The van der Waals surface area contributed by atoms with Gasteiger partial charge in [0.1, 0.15) is 24.8 Å². The van der Waals surface area contributed by atoms with Gasteiger partial charge in [-0.3, -0.25) is 4.79 Å². The van der Waals surface area contributed by atoms with Crippen LogP contribution in [0.3, 0.4) is 0 Å². The number of aromatic nitrogens is 7. The predicted molar refractivity (Wildman–Crippen MR) is 95.5 cm³/mol. The highest BCUT2D eigenvalue weighted by Gasteiger charge is 2.10. The molecule has 0 spiro atoms. The molecule has 3 heterocycles. The number of nitrogens with zero attached hydrogens (tertiary/aromatic N) is 7. The molecule has 0 aliphatic heterocycles. The lowest BCUT2D eigenvalue weighted by Crippen LogP contribution is -2.24. The lowest BCUT2D eigenvalue weighted by atomic mass is 10.1. The van der Waals surface area contributed by atoms with Gasteiger partial charge >= 0.3 is 0 Å². The van der Waals surface area contributed by atoms with Crippen LogP contribution in [-0.4, -0.2) is 40.8 Å². The van der Waals surface area contributed by atoms with Gasteiger partial charge in [-0.2, -0.15) is 5.10 Å². The van der Waals surface area contributed by atoms with Gasteiger partial charge in [0.05, 0.1) is 17.9 Å². The molecule has 0 unspecified atom stereocenters. The lowest BCUT2D eigenvalue weighted by molar-refractivity contribution is 0.0944. The molecule has 0 saturated heterocycles.